The summed E-state index contributed by atoms with van der Waals surface area (Å²) in [7, 11) is 0. The number of rotatable bonds is 6. The maximum atomic E-state index is 5.81. The highest BCUT2D eigenvalue weighted by Gasteiger charge is 2.20. The summed E-state index contributed by atoms with van der Waals surface area (Å²) >= 11 is 0. The Balaban J connectivity index is 1.53. The first-order chi connectivity index (χ1) is 10.8. The van der Waals surface area contributed by atoms with Gasteiger partial charge in [-0.15, -0.1) is 0 Å². The first kappa shape index (κ1) is 14.7. The zero-order chi connectivity index (χ0) is 15.2. The second-order valence-corrected chi connectivity index (χ2v) is 5.45. The van der Waals surface area contributed by atoms with Crippen LogP contribution in [-0.4, -0.2) is 34.7 Å². The van der Waals surface area contributed by atoms with Crippen LogP contribution in [0, 0.1) is 0 Å². The molecule has 1 fully saturated rings. The van der Waals surface area contributed by atoms with Crippen LogP contribution in [-0.2, 0) is 11.2 Å². The molecule has 22 heavy (non-hydrogen) atoms. The molecule has 1 saturated heterocycles. The lowest BCUT2D eigenvalue weighted by molar-refractivity contribution is 0.193. The Labute approximate surface area is 130 Å². The number of nitrogens with two attached hydrogens (primary N) is 1. The van der Waals surface area contributed by atoms with E-state index in [4.69, 9.17) is 10.5 Å². The summed E-state index contributed by atoms with van der Waals surface area (Å²) in [6.45, 7) is 2.34. The molecule has 116 valence electrons. The van der Waals surface area contributed by atoms with Gasteiger partial charge in [0.25, 0.3) is 0 Å². The first-order valence-electron chi connectivity index (χ1n) is 7.67. The second-order valence-electron chi connectivity index (χ2n) is 5.45. The van der Waals surface area contributed by atoms with Crippen LogP contribution in [0.5, 0.6) is 0 Å². The van der Waals surface area contributed by atoms with Gasteiger partial charge in [0, 0.05) is 37.0 Å². The maximum Gasteiger partial charge on any atom is 0.222 e. The van der Waals surface area contributed by atoms with E-state index in [0.717, 1.165) is 56.2 Å². The topological polar surface area (TPSA) is 86.0 Å². The number of aromatic nitrogens is 3. The van der Waals surface area contributed by atoms with Gasteiger partial charge in [-0.3, -0.25) is 4.98 Å². The highest BCUT2D eigenvalue weighted by Crippen LogP contribution is 2.25. The minimum Gasteiger partial charge on any atom is -0.381 e. The highest BCUT2D eigenvalue weighted by atomic mass is 16.5. The van der Waals surface area contributed by atoms with Gasteiger partial charge in [-0.25, -0.2) is 4.98 Å². The van der Waals surface area contributed by atoms with E-state index < -0.39 is 0 Å². The number of pyridine rings is 1. The van der Waals surface area contributed by atoms with Crippen molar-refractivity contribution < 1.29 is 4.74 Å². The van der Waals surface area contributed by atoms with Crippen LogP contribution in [0.1, 0.15) is 30.1 Å². The Morgan fingerprint density at radius 3 is 3.05 bits per heavy atom. The van der Waals surface area contributed by atoms with E-state index in [2.05, 4.69) is 20.3 Å². The third-order valence-corrected chi connectivity index (χ3v) is 3.75. The molecule has 1 aliphatic heterocycles. The molecule has 0 aromatic carbocycles. The van der Waals surface area contributed by atoms with Crippen LogP contribution in [0.2, 0.25) is 0 Å². The number of ether oxygens (including phenoxy) is 1. The molecule has 0 radical (unpaired) electrons. The third-order valence-electron chi connectivity index (χ3n) is 3.75. The van der Waals surface area contributed by atoms with Crippen molar-refractivity contribution in [3.05, 3.63) is 41.9 Å². The van der Waals surface area contributed by atoms with Gasteiger partial charge in [-0.05, 0) is 31.4 Å². The van der Waals surface area contributed by atoms with Crippen LogP contribution in [0.3, 0.4) is 0 Å². The Kier molecular flexibility index (Phi) is 4.80. The molecular formula is C16H21N5O. The van der Waals surface area contributed by atoms with E-state index in [1.54, 1.807) is 0 Å². The molecule has 6 heteroatoms. The Morgan fingerprint density at radius 2 is 2.27 bits per heavy atom. The highest BCUT2D eigenvalue weighted by molar-refractivity contribution is 5.41. The SMILES string of the molecule is Nc1nc(NCCCc2ccccn2)cc([C@@H]2CCOC2)n1. The van der Waals surface area contributed by atoms with E-state index in [9.17, 15) is 0 Å². The van der Waals surface area contributed by atoms with E-state index in [0.29, 0.717) is 11.9 Å². The molecule has 0 aliphatic carbocycles. The van der Waals surface area contributed by atoms with Gasteiger partial charge in [0.15, 0.2) is 0 Å². The van der Waals surface area contributed by atoms with E-state index in [-0.39, 0.29) is 0 Å². The number of nitrogens with zero attached hydrogens (tertiary/aromatic N) is 3. The van der Waals surface area contributed by atoms with Crippen LogP contribution < -0.4 is 11.1 Å². The summed E-state index contributed by atoms with van der Waals surface area (Å²) in [6, 6.07) is 7.97. The molecule has 0 saturated carbocycles. The molecule has 3 heterocycles. The Morgan fingerprint density at radius 1 is 1.32 bits per heavy atom. The Bertz CT molecular complexity index is 599. The van der Waals surface area contributed by atoms with Crippen molar-refractivity contribution in [1.29, 1.82) is 0 Å². The standard InChI is InChI=1S/C16H21N5O/c17-16-20-14(12-6-9-22-11-12)10-15(21-16)19-8-3-5-13-4-1-2-7-18-13/h1-2,4,7,10,12H,3,5-6,8-9,11H2,(H3,17,19,20,21)/t12-/m1/s1. The average molecular weight is 299 g/mol. The predicted octanol–water partition coefficient (Wildman–Crippen LogP) is 2.00. The van der Waals surface area contributed by atoms with Crippen molar-refractivity contribution in [3.63, 3.8) is 0 Å². The molecule has 0 amide bonds. The summed E-state index contributed by atoms with van der Waals surface area (Å²) < 4.78 is 5.41. The van der Waals surface area contributed by atoms with Gasteiger partial charge in [0.2, 0.25) is 5.95 Å². The third kappa shape index (κ3) is 3.92. The zero-order valence-electron chi connectivity index (χ0n) is 12.5. The predicted molar refractivity (Wildman–Crippen MR) is 85.7 cm³/mol. The molecule has 1 atom stereocenters. The monoisotopic (exact) mass is 299 g/mol. The number of hydrogen-bond donors (Lipinski definition) is 2. The number of hydrogen-bond acceptors (Lipinski definition) is 6. The summed E-state index contributed by atoms with van der Waals surface area (Å²) in [5.74, 6) is 1.44. The Hall–Kier alpha value is -2.21. The van der Waals surface area contributed by atoms with Gasteiger partial charge >= 0.3 is 0 Å². The number of aryl methyl sites for hydroxylation is 1. The van der Waals surface area contributed by atoms with Crippen LogP contribution in [0.4, 0.5) is 11.8 Å². The molecule has 0 bridgehead atoms. The van der Waals surface area contributed by atoms with Gasteiger partial charge < -0.3 is 15.8 Å². The van der Waals surface area contributed by atoms with Crippen molar-refractivity contribution >= 4 is 11.8 Å². The van der Waals surface area contributed by atoms with Crippen molar-refractivity contribution in [3.8, 4) is 0 Å². The van der Waals surface area contributed by atoms with E-state index >= 15 is 0 Å². The van der Waals surface area contributed by atoms with E-state index in [1.807, 2.05) is 30.5 Å². The molecular weight excluding hydrogens is 278 g/mol. The molecule has 3 N–H and O–H groups in total. The lowest BCUT2D eigenvalue weighted by Gasteiger charge is -2.11. The van der Waals surface area contributed by atoms with Gasteiger partial charge in [-0.2, -0.15) is 4.98 Å². The fourth-order valence-electron chi connectivity index (χ4n) is 2.58. The number of nitrogen functional groups attached to an aromatic ring is 1. The first-order valence-corrected chi connectivity index (χ1v) is 7.67. The van der Waals surface area contributed by atoms with E-state index in [1.165, 1.54) is 0 Å². The number of anilines is 2. The summed E-state index contributed by atoms with van der Waals surface area (Å²) in [5, 5.41) is 3.32. The molecule has 3 rings (SSSR count). The van der Waals surface area contributed by atoms with Gasteiger partial charge in [-0.1, -0.05) is 6.07 Å². The van der Waals surface area contributed by atoms with Crippen molar-refractivity contribution in [1.82, 2.24) is 15.0 Å². The van der Waals surface area contributed by atoms with Crippen LogP contribution in [0.15, 0.2) is 30.5 Å². The largest absolute Gasteiger partial charge is 0.381 e. The lowest BCUT2D eigenvalue weighted by atomic mass is 10.0. The minimum atomic E-state index is 0.316. The van der Waals surface area contributed by atoms with Crippen molar-refractivity contribution in [2.45, 2.75) is 25.2 Å². The molecule has 2 aromatic rings. The summed E-state index contributed by atoms with van der Waals surface area (Å²) in [4.78, 5) is 12.9. The molecule has 0 unspecified atom stereocenters. The normalized spacial score (nSPS) is 17.5. The second kappa shape index (κ2) is 7.17. The van der Waals surface area contributed by atoms with Crippen molar-refractivity contribution in [2.75, 3.05) is 30.8 Å². The molecule has 2 aromatic heterocycles. The van der Waals surface area contributed by atoms with Crippen molar-refractivity contribution in [2.24, 2.45) is 0 Å². The van der Waals surface area contributed by atoms with Crippen LogP contribution >= 0.6 is 0 Å². The quantitative estimate of drug-likeness (QED) is 0.794. The molecule has 6 nitrogen and oxygen atoms in total. The lowest BCUT2D eigenvalue weighted by Crippen LogP contribution is -2.10. The smallest absolute Gasteiger partial charge is 0.222 e. The summed E-state index contributed by atoms with van der Waals surface area (Å²) in [5.41, 5.74) is 7.89. The molecule has 0 spiro atoms. The minimum absolute atomic E-state index is 0.316. The fourth-order valence-corrected chi connectivity index (χ4v) is 2.58. The summed E-state index contributed by atoms with van der Waals surface area (Å²) in [6.07, 6.45) is 4.75. The average Bonchev–Trinajstić information content (AvgIpc) is 3.07. The van der Waals surface area contributed by atoms with Gasteiger partial charge in [0.05, 0.1) is 12.3 Å². The molecule has 1 aliphatic rings. The fraction of sp³-hybridized carbons (Fsp3) is 0.438. The van der Waals surface area contributed by atoms with Crippen LogP contribution in [0.25, 0.3) is 0 Å². The number of nitrogens with one attached hydrogen (secondary N) is 1. The zero-order valence-corrected chi connectivity index (χ0v) is 12.5. The maximum absolute atomic E-state index is 5.81. The van der Waals surface area contributed by atoms with Gasteiger partial charge in [0.1, 0.15) is 5.82 Å².